The Kier molecular flexibility index (Phi) is 3.42. The molecule has 0 fully saturated rings. The summed E-state index contributed by atoms with van der Waals surface area (Å²) in [5.41, 5.74) is 2.16. The third-order valence-electron chi connectivity index (χ3n) is 3.14. The summed E-state index contributed by atoms with van der Waals surface area (Å²) in [6.07, 6.45) is 5.65. The number of anilines is 2. The fraction of sp³-hybridized carbons (Fsp3) is 0.385. The molecular formula is C13H14Cl2N2. The van der Waals surface area contributed by atoms with E-state index < -0.39 is 0 Å². The normalized spacial score (nSPS) is 18.2. The first-order valence-electron chi connectivity index (χ1n) is 5.56. The van der Waals surface area contributed by atoms with Crippen molar-refractivity contribution >= 4 is 34.6 Å². The van der Waals surface area contributed by atoms with Crippen molar-refractivity contribution in [1.82, 2.24) is 0 Å². The lowest BCUT2D eigenvalue weighted by molar-refractivity contribution is 0.658. The summed E-state index contributed by atoms with van der Waals surface area (Å²) in [6.45, 7) is 5.72. The van der Waals surface area contributed by atoms with Gasteiger partial charge in [0.15, 0.2) is 0 Å². The van der Waals surface area contributed by atoms with Crippen LogP contribution in [0.5, 0.6) is 0 Å². The Hall–Kier alpha value is -1.04. The summed E-state index contributed by atoms with van der Waals surface area (Å²) in [6, 6.07) is 3.80. The van der Waals surface area contributed by atoms with E-state index in [2.05, 4.69) is 29.6 Å². The number of rotatable bonds is 2. The third kappa shape index (κ3) is 1.94. The van der Waals surface area contributed by atoms with Crippen LogP contribution in [-0.4, -0.2) is 19.3 Å². The van der Waals surface area contributed by atoms with E-state index in [1.807, 2.05) is 12.1 Å². The van der Waals surface area contributed by atoms with Crippen LogP contribution in [0.4, 0.5) is 11.4 Å². The van der Waals surface area contributed by atoms with Gasteiger partial charge in [-0.2, -0.15) is 0 Å². The second-order valence-corrected chi connectivity index (χ2v) is 4.82. The number of terminal acetylenes is 1. The Morgan fingerprint density at radius 2 is 1.76 bits per heavy atom. The quantitative estimate of drug-likeness (QED) is 0.756. The second kappa shape index (κ2) is 4.68. The zero-order valence-electron chi connectivity index (χ0n) is 9.87. The minimum absolute atomic E-state index is 0.237. The van der Waals surface area contributed by atoms with Crippen molar-refractivity contribution in [2.45, 2.75) is 20.0 Å². The molecule has 1 aliphatic rings. The van der Waals surface area contributed by atoms with E-state index in [9.17, 15) is 0 Å². The third-order valence-corrected chi connectivity index (χ3v) is 3.86. The van der Waals surface area contributed by atoms with Crippen molar-refractivity contribution in [2.24, 2.45) is 0 Å². The van der Waals surface area contributed by atoms with Crippen molar-refractivity contribution in [3.05, 3.63) is 22.2 Å². The second-order valence-electron chi connectivity index (χ2n) is 4.00. The highest BCUT2D eigenvalue weighted by Gasteiger charge is 2.32. The Morgan fingerprint density at radius 1 is 1.24 bits per heavy atom. The molecule has 1 aromatic rings. The predicted octanol–water partition coefficient (Wildman–Crippen LogP) is 3.62. The number of nitrogens with zero attached hydrogens (tertiary/aromatic N) is 2. The first-order valence-corrected chi connectivity index (χ1v) is 6.31. The monoisotopic (exact) mass is 268 g/mol. The Labute approximate surface area is 112 Å². The fourth-order valence-corrected chi connectivity index (χ4v) is 2.62. The Morgan fingerprint density at radius 3 is 2.24 bits per heavy atom. The molecule has 1 aromatic carbocycles. The van der Waals surface area contributed by atoms with Crippen molar-refractivity contribution in [2.75, 3.05) is 22.9 Å². The van der Waals surface area contributed by atoms with Gasteiger partial charge in [0.2, 0.25) is 0 Å². The molecule has 4 heteroatoms. The number of hydrogen-bond acceptors (Lipinski definition) is 2. The number of hydrogen-bond donors (Lipinski definition) is 0. The van der Waals surface area contributed by atoms with Gasteiger partial charge in [0.05, 0.1) is 34.1 Å². The van der Waals surface area contributed by atoms with Crippen molar-refractivity contribution in [3.63, 3.8) is 0 Å². The average molecular weight is 269 g/mol. The lowest BCUT2D eigenvalue weighted by atomic mass is 10.2. The maximum absolute atomic E-state index is 6.07. The van der Waals surface area contributed by atoms with E-state index in [1.54, 1.807) is 0 Å². The molecule has 90 valence electrons. The van der Waals surface area contributed by atoms with Crippen LogP contribution in [0.1, 0.15) is 13.8 Å². The van der Waals surface area contributed by atoms with Gasteiger partial charge in [-0.1, -0.05) is 29.1 Å². The van der Waals surface area contributed by atoms with Crippen molar-refractivity contribution in [1.29, 1.82) is 0 Å². The van der Waals surface area contributed by atoms with Crippen LogP contribution in [0.15, 0.2) is 12.1 Å². The van der Waals surface area contributed by atoms with Crippen molar-refractivity contribution in [3.8, 4) is 12.3 Å². The van der Waals surface area contributed by atoms with Gasteiger partial charge in [-0.15, -0.1) is 6.42 Å². The molecule has 2 nitrogen and oxygen atoms in total. The van der Waals surface area contributed by atoms with E-state index in [0.29, 0.717) is 16.6 Å². The molecule has 0 aromatic heterocycles. The summed E-state index contributed by atoms with van der Waals surface area (Å²) in [4.78, 5) is 4.41. The minimum Gasteiger partial charge on any atom is -0.350 e. The molecule has 0 aliphatic carbocycles. The van der Waals surface area contributed by atoms with E-state index in [0.717, 1.165) is 17.9 Å². The maximum atomic E-state index is 6.07. The number of halogens is 2. The van der Waals surface area contributed by atoms with Crippen LogP contribution >= 0.6 is 23.2 Å². The predicted molar refractivity (Wildman–Crippen MR) is 75.1 cm³/mol. The summed E-state index contributed by atoms with van der Waals surface area (Å²) >= 11 is 12.1. The first-order chi connectivity index (χ1) is 8.10. The summed E-state index contributed by atoms with van der Waals surface area (Å²) in [5, 5.41) is 1.15. The molecule has 0 saturated carbocycles. The lowest BCUT2D eigenvalue weighted by Crippen LogP contribution is -2.40. The topological polar surface area (TPSA) is 6.48 Å². The number of benzene rings is 1. The van der Waals surface area contributed by atoms with Gasteiger partial charge >= 0.3 is 0 Å². The van der Waals surface area contributed by atoms with Gasteiger partial charge < -0.3 is 9.80 Å². The smallest absolute Gasteiger partial charge is 0.0997 e. The van der Waals surface area contributed by atoms with E-state index in [-0.39, 0.29) is 6.17 Å². The highest BCUT2D eigenvalue weighted by molar-refractivity contribution is 6.42. The molecule has 0 bridgehead atoms. The van der Waals surface area contributed by atoms with Crippen LogP contribution in [0.2, 0.25) is 10.0 Å². The van der Waals surface area contributed by atoms with Crippen LogP contribution in [-0.2, 0) is 0 Å². The van der Waals surface area contributed by atoms with E-state index >= 15 is 0 Å². The molecule has 0 radical (unpaired) electrons. The Bertz CT molecular complexity index is 479. The van der Waals surface area contributed by atoms with E-state index in [4.69, 9.17) is 29.6 Å². The molecule has 0 amide bonds. The molecule has 0 spiro atoms. The standard InChI is InChI=1S/C13H14Cl2N2/c1-4-6-17-9(3)16(5-2)12-7-10(14)11(15)8-13(12)17/h1,7-9H,5-6H2,2-3H3. The SMILES string of the molecule is C#CCN1c2cc(Cl)c(Cl)cc2N(CC)C1C. The highest BCUT2D eigenvalue weighted by atomic mass is 35.5. The summed E-state index contributed by atoms with van der Waals surface area (Å²) < 4.78 is 0. The summed E-state index contributed by atoms with van der Waals surface area (Å²) in [7, 11) is 0. The molecule has 17 heavy (non-hydrogen) atoms. The first kappa shape index (κ1) is 12.4. The molecule has 0 N–H and O–H groups in total. The molecule has 1 unspecified atom stereocenters. The zero-order valence-corrected chi connectivity index (χ0v) is 11.4. The molecule has 1 heterocycles. The van der Waals surface area contributed by atoms with Gasteiger partial charge in [-0.25, -0.2) is 0 Å². The van der Waals surface area contributed by atoms with Crippen LogP contribution in [0, 0.1) is 12.3 Å². The maximum Gasteiger partial charge on any atom is 0.0997 e. The molecule has 2 rings (SSSR count). The van der Waals surface area contributed by atoms with Crippen LogP contribution < -0.4 is 9.80 Å². The van der Waals surface area contributed by atoms with Gasteiger partial charge in [-0.3, -0.25) is 0 Å². The Balaban J connectivity index is 2.53. The minimum atomic E-state index is 0.237. The number of fused-ring (bicyclic) bond motifs is 1. The molecule has 1 aliphatic heterocycles. The van der Waals surface area contributed by atoms with Gasteiger partial charge in [-0.05, 0) is 26.0 Å². The largest absolute Gasteiger partial charge is 0.350 e. The highest BCUT2D eigenvalue weighted by Crippen LogP contribution is 2.43. The van der Waals surface area contributed by atoms with Crippen LogP contribution in [0.25, 0.3) is 0 Å². The zero-order chi connectivity index (χ0) is 12.6. The van der Waals surface area contributed by atoms with E-state index in [1.165, 1.54) is 0 Å². The van der Waals surface area contributed by atoms with Gasteiger partial charge in [0, 0.05) is 6.54 Å². The van der Waals surface area contributed by atoms with Crippen molar-refractivity contribution < 1.29 is 0 Å². The molecular weight excluding hydrogens is 255 g/mol. The fourth-order valence-electron chi connectivity index (χ4n) is 2.31. The van der Waals surface area contributed by atoms with Gasteiger partial charge in [0.25, 0.3) is 0 Å². The average Bonchev–Trinajstić information content (AvgIpc) is 2.54. The van der Waals surface area contributed by atoms with Crippen LogP contribution in [0.3, 0.4) is 0 Å². The molecule has 0 saturated heterocycles. The molecule has 1 atom stereocenters. The summed E-state index contributed by atoms with van der Waals surface area (Å²) in [5.74, 6) is 2.68. The lowest BCUT2D eigenvalue weighted by Gasteiger charge is -2.27. The van der Waals surface area contributed by atoms with Gasteiger partial charge in [0.1, 0.15) is 0 Å².